The molecule has 1 heterocycles. The summed E-state index contributed by atoms with van der Waals surface area (Å²) in [5.74, 6) is -0.220. The maximum Gasteiger partial charge on any atom is 0.128 e. The van der Waals surface area contributed by atoms with E-state index in [1.165, 1.54) is 6.07 Å². The molecule has 0 atom stereocenters. The highest BCUT2D eigenvalue weighted by Crippen LogP contribution is 2.14. The molecule has 0 spiro atoms. The molecule has 0 saturated heterocycles. The second-order valence-electron chi connectivity index (χ2n) is 3.22. The van der Waals surface area contributed by atoms with E-state index < -0.39 is 0 Å². The zero-order chi connectivity index (χ0) is 10.7. The zero-order valence-electron chi connectivity index (χ0n) is 8.23. The lowest BCUT2D eigenvalue weighted by molar-refractivity contribution is 0.612. The van der Waals surface area contributed by atoms with E-state index in [2.05, 4.69) is 11.7 Å². The summed E-state index contributed by atoms with van der Waals surface area (Å²) >= 11 is 0. The van der Waals surface area contributed by atoms with E-state index >= 15 is 0 Å². The summed E-state index contributed by atoms with van der Waals surface area (Å²) in [6.07, 6.45) is 5.68. The summed E-state index contributed by atoms with van der Waals surface area (Å²) in [7, 11) is 0. The summed E-state index contributed by atoms with van der Waals surface area (Å²) < 4.78 is 15.2. The Morgan fingerprint density at radius 3 is 2.93 bits per heavy atom. The second-order valence-corrected chi connectivity index (χ2v) is 3.22. The molecule has 2 rings (SSSR count). The molecule has 0 N–H and O–H groups in total. The van der Waals surface area contributed by atoms with Crippen molar-refractivity contribution in [3.8, 4) is 5.69 Å². The van der Waals surface area contributed by atoms with E-state index in [-0.39, 0.29) is 5.82 Å². The van der Waals surface area contributed by atoms with Crippen LogP contribution in [0.4, 0.5) is 4.39 Å². The average Bonchev–Trinajstić information content (AvgIpc) is 2.74. The van der Waals surface area contributed by atoms with Gasteiger partial charge >= 0.3 is 0 Å². The van der Waals surface area contributed by atoms with Gasteiger partial charge in [0.25, 0.3) is 0 Å². The Bertz CT molecular complexity index is 460. The SMILES string of the molecule is C=CCc1ccc(-n2cccn2)cc1F. The highest BCUT2D eigenvalue weighted by Gasteiger charge is 2.03. The minimum absolute atomic E-state index is 0.220. The van der Waals surface area contributed by atoms with Crippen molar-refractivity contribution in [3.63, 3.8) is 0 Å². The van der Waals surface area contributed by atoms with Crippen molar-refractivity contribution in [1.29, 1.82) is 0 Å². The van der Waals surface area contributed by atoms with Crippen molar-refractivity contribution < 1.29 is 4.39 Å². The van der Waals surface area contributed by atoms with Crippen LogP contribution in [0.1, 0.15) is 5.56 Å². The number of halogens is 1. The molecular weight excluding hydrogens is 191 g/mol. The molecule has 0 unspecified atom stereocenters. The molecule has 15 heavy (non-hydrogen) atoms. The quantitative estimate of drug-likeness (QED) is 0.700. The van der Waals surface area contributed by atoms with E-state index in [1.807, 2.05) is 6.07 Å². The monoisotopic (exact) mass is 202 g/mol. The van der Waals surface area contributed by atoms with Crippen LogP contribution in [0.5, 0.6) is 0 Å². The number of aromatic nitrogens is 2. The lowest BCUT2D eigenvalue weighted by Crippen LogP contribution is -1.97. The molecule has 76 valence electrons. The van der Waals surface area contributed by atoms with Gasteiger partial charge in [-0.3, -0.25) is 0 Å². The Hall–Kier alpha value is -1.90. The van der Waals surface area contributed by atoms with Crippen molar-refractivity contribution >= 4 is 0 Å². The minimum Gasteiger partial charge on any atom is -0.241 e. The molecule has 2 aromatic rings. The normalized spacial score (nSPS) is 10.2. The van der Waals surface area contributed by atoms with Gasteiger partial charge in [-0.15, -0.1) is 6.58 Å². The third-order valence-corrected chi connectivity index (χ3v) is 2.17. The van der Waals surface area contributed by atoms with Crippen LogP contribution in [-0.4, -0.2) is 9.78 Å². The maximum atomic E-state index is 13.5. The standard InChI is InChI=1S/C12H11FN2/c1-2-4-10-5-6-11(9-12(10)13)15-8-3-7-14-15/h2-3,5-9H,1,4H2. The van der Waals surface area contributed by atoms with E-state index in [4.69, 9.17) is 0 Å². The van der Waals surface area contributed by atoms with E-state index in [0.29, 0.717) is 12.0 Å². The fraction of sp³-hybridized carbons (Fsp3) is 0.0833. The molecule has 3 heteroatoms. The lowest BCUT2D eigenvalue weighted by Gasteiger charge is -2.04. The van der Waals surface area contributed by atoms with Crippen LogP contribution >= 0.6 is 0 Å². The van der Waals surface area contributed by atoms with Gasteiger partial charge in [0, 0.05) is 12.4 Å². The van der Waals surface area contributed by atoms with Crippen molar-refractivity contribution in [3.05, 3.63) is 60.7 Å². The van der Waals surface area contributed by atoms with Crippen LogP contribution in [0.15, 0.2) is 49.3 Å². The molecule has 0 bridgehead atoms. The van der Waals surface area contributed by atoms with Gasteiger partial charge in [0.1, 0.15) is 5.82 Å². The van der Waals surface area contributed by atoms with Gasteiger partial charge in [0.05, 0.1) is 5.69 Å². The smallest absolute Gasteiger partial charge is 0.128 e. The molecule has 1 aromatic heterocycles. The predicted molar refractivity (Wildman–Crippen MR) is 57.4 cm³/mol. The molecule has 0 aliphatic carbocycles. The molecule has 0 radical (unpaired) electrons. The Morgan fingerprint density at radius 2 is 2.33 bits per heavy atom. The summed E-state index contributed by atoms with van der Waals surface area (Å²) in [5.41, 5.74) is 1.38. The first-order chi connectivity index (χ1) is 7.31. The molecule has 0 aliphatic rings. The Balaban J connectivity index is 2.37. The predicted octanol–water partition coefficient (Wildman–Crippen LogP) is 2.74. The first-order valence-electron chi connectivity index (χ1n) is 4.70. The second kappa shape index (κ2) is 4.09. The highest BCUT2D eigenvalue weighted by molar-refractivity contribution is 5.35. The van der Waals surface area contributed by atoms with Crippen molar-refractivity contribution in [2.75, 3.05) is 0 Å². The van der Waals surface area contributed by atoms with Gasteiger partial charge in [-0.1, -0.05) is 12.1 Å². The first kappa shape index (κ1) is 9.65. The summed E-state index contributed by atoms with van der Waals surface area (Å²) in [6.45, 7) is 3.59. The molecule has 0 amide bonds. The number of nitrogens with zero attached hydrogens (tertiary/aromatic N) is 2. The summed E-state index contributed by atoms with van der Waals surface area (Å²) in [5, 5.41) is 4.03. The Labute approximate surface area is 87.7 Å². The maximum absolute atomic E-state index is 13.5. The van der Waals surface area contributed by atoms with Crippen molar-refractivity contribution in [1.82, 2.24) is 9.78 Å². The highest BCUT2D eigenvalue weighted by atomic mass is 19.1. The Kier molecular flexibility index (Phi) is 2.63. The lowest BCUT2D eigenvalue weighted by atomic mass is 10.1. The van der Waals surface area contributed by atoms with Gasteiger partial charge < -0.3 is 0 Å². The van der Waals surface area contributed by atoms with E-state index in [1.54, 1.807) is 35.3 Å². The molecule has 1 aromatic carbocycles. The zero-order valence-corrected chi connectivity index (χ0v) is 8.23. The molecule has 0 fully saturated rings. The molecule has 2 nitrogen and oxygen atoms in total. The third kappa shape index (κ3) is 1.96. The summed E-state index contributed by atoms with van der Waals surface area (Å²) in [6, 6.07) is 6.88. The number of hydrogen-bond donors (Lipinski definition) is 0. The third-order valence-electron chi connectivity index (χ3n) is 2.17. The van der Waals surface area contributed by atoms with E-state index in [0.717, 1.165) is 5.69 Å². The number of allylic oxidation sites excluding steroid dienone is 1. The van der Waals surface area contributed by atoms with Crippen LogP contribution in [0.25, 0.3) is 5.69 Å². The van der Waals surface area contributed by atoms with Gasteiger partial charge in [0.15, 0.2) is 0 Å². The fourth-order valence-corrected chi connectivity index (χ4v) is 1.42. The van der Waals surface area contributed by atoms with Crippen molar-refractivity contribution in [2.45, 2.75) is 6.42 Å². The van der Waals surface area contributed by atoms with Crippen molar-refractivity contribution in [2.24, 2.45) is 0 Å². The molecule has 0 aliphatic heterocycles. The number of hydrogen-bond acceptors (Lipinski definition) is 1. The molecule has 0 saturated carbocycles. The van der Waals surface area contributed by atoms with Crippen LogP contribution in [-0.2, 0) is 6.42 Å². The largest absolute Gasteiger partial charge is 0.241 e. The van der Waals surface area contributed by atoms with Crippen LogP contribution < -0.4 is 0 Å². The van der Waals surface area contributed by atoms with Gasteiger partial charge in [-0.25, -0.2) is 9.07 Å². The minimum atomic E-state index is -0.220. The molecular formula is C12H11FN2. The summed E-state index contributed by atoms with van der Waals surface area (Å²) in [4.78, 5) is 0. The fourth-order valence-electron chi connectivity index (χ4n) is 1.42. The van der Waals surface area contributed by atoms with Crippen LogP contribution in [0.2, 0.25) is 0 Å². The van der Waals surface area contributed by atoms with Crippen LogP contribution in [0, 0.1) is 5.82 Å². The topological polar surface area (TPSA) is 17.8 Å². The Morgan fingerprint density at radius 1 is 1.47 bits per heavy atom. The van der Waals surface area contributed by atoms with Gasteiger partial charge in [0.2, 0.25) is 0 Å². The first-order valence-corrected chi connectivity index (χ1v) is 4.70. The van der Waals surface area contributed by atoms with Gasteiger partial charge in [-0.05, 0) is 30.2 Å². The average molecular weight is 202 g/mol. The van der Waals surface area contributed by atoms with E-state index in [9.17, 15) is 4.39 Å². The van der Waals surface area contributed by atoms with Gasteiger partial charge in [-0.2, -0.15) is 5.10 Å². The number of benzene rings is 1. The van der Waals surface area contributed by atoms with Crippen LogP contribution in [0.3, 0.4) is 0 Å². The number of rotatable bonds is 3.